The number of hydrogen-bond acceptors (Lipinski definition) is 4. The molecule has 0 aliphatic heterocycles. The molecule has 3 rings (SSSR count). The molecular weight excluding hydrogens is 326 g/mol. The Kier molecular flexibility index (Phi) is 5.43. The summed E-state index contributed by atoms with van der Waals surface area (Å²) in [5, 5.41) is 11.8. The third-order valence-electron chi connectivity index (χ3n) is 3.50. The van der Waals surface area contributed by atoms with Gasteiger partial charge in [0.25, 0.3) is 0 Å². The molecule has 2 aromatic carbocycles. The van der Waals surface area contributed by atoms with Crippen LogP contribution in [0.5, 0.6) is 5.75 Å². The highest BCUT2D eigenvalue weighted by Gasteiger charge is 2.06. The van der Waals surface area contributed by atoms with Crippen molar-refractivity contribution in [1.82, 2.24) is 4.98 Å². The molecule has 0 aliphatic rings. The number of benzene rings is 2. The number of nitrogens with two attached hydrogens (primary N) is 1. The normalized spacial score (nSPS) is 10.8. The summed E-state index contributed by atoms with van der Waals surface area (Å²) in [5.41, 5.74) is 8.22. The zero-order chi connectivity index (χ0) is 18.2. The topological polar surface area (TPSA) is 96.3 Å². The molecule has 0 unspecified atom stereocenters. The van der Waals surface area contributed by atoms with Crippen molar-refractivity contribution in [2.75, 3.05) is 5.32 Å². The molecule has 6 nitrogen and oxygen atoms in total. The van der Waals surface area contributed by atoms with Gasteiger partial charge in [0, 0.05) is 6.20 Å². The van der Waals surface area contributed by atoms with Gasteiger partial charge >= 0.3 is 0 Å². The number of nitrogens with zero attached hydrogens (tertiary/aromatic N) is 3. The van der Waals surface area contributed by atoms with Crippen molar-refractivity contribution in [1.29, 1.82) is 5.26 Å². The van der Waals surface area contributed by atoms with Gasteiger partial charge in [-0.05, 0) is 42.0 Å². The summed E-state index contributed by atoms with van der Waals surface area (Å²) < 4.78 is 5.83. The molecule has 1 heterocycles. The molecule has 0 bridgehead atoms. The Balaban J connectivity index is 1.70. The van der Waals surface area contributed by atoms with E-state index in [1.807, 2.05) is 36.4 Å². The minimum atomic E-state index is 0.179. The van der Waals surface area contributed by atoms with Crippen LogP contribution in [0.3, 0.4) is 0 Å². The monoisotopic (exact) mass is 343 g/mol. The molecule has 0 radical (unpaired) electrons. The zero-order valence-electron chi connectivity index (χ0n) is 14.0. The third kappa shape index (κ3) is 4.58. The summed E-state index contributed by atoms with van der Waals surface area (Å²) in [5.74, 6) is 1.24. The minimum absolute atomic E-state index is 0.179. The van der Waals surface area contributed by atoms with Crippen molar-refractivity contribution in [3.05, 3.63) is 84.1 Å². The Morgan fingerprint density at radius 3 is 2.58 bits per heavy atom. The van der Waals surface area contributed by atoms with Gasteiger partial charge in [0.05, 0.1) is 17.3 Å². The molecule has 3 aromatic rings. The van der Waals surface area contributed by atoms with Gasteiger partial charge in [0.2, 0.25) is 0 Å². The highest BCUT2D eigenvalue weighted by atomic mass is 16.5. The first kappa shape index (κ1) is 17.0. The van der Waals surface area contributed by atoms with Crippen LogP contribution in [0.4, 0.5) is 11.5 Å². The van der Waals surface area contributed by atoms with Crippen LogP contribution in [-0.4, -0.2) is 10.9 Å². The standard InChI is InChI=1S/C20H17N5O/c21-13-15-8-10-17(11-9-15)24-20(22)25-19-18(7-4-12-23-19)26-14-16-5-2-1-3-6-16/h1-12H,14H2,(H3,22,23,24,25). The number of nitriles is 1. The van der Waals surface area contributed by atoms with E-state index in [9.17, 15) is 0 Å². The van der Waals surface area contributed by atoms with Crippen molar-refractivity contribution in [3.8, 4) is 11.8 Å². The summed E-state index contributed by atoms with van der Waals surface area (Å²) in [6.07, 6.45) is 1.65. The summed E-state index contributed by atoms with van der Waals surface area (Å²) in [6.45, 7) is 0.424. The number of aliphatic imine (C=N–C) groups is 1. The molecule has 0 spiro atoms. The largest absolute Gasteiger partial charge is 0.485 e. The first-order valence-electron chi connectivity index (χ1n) is 7.98. The van der Waals surface area contributed by atoms with E-state index in [1.165, 1.54) is 0 Å². The lowest BCUT2D eigenvalue weighted by Crippen LogP contribution is -2.23. The smallest absolute Gasteiger partial charge is 0.199 e. The second-order valence-electron chi connectivity index (χ2n) is 5.41. The minimum Gasteiger partial charge on any atom is -0.485 e. The maximum absolute atomic E-state index is 8.82. The Morgan fingerprint density at radius 2 is 1.85 bits per heavy atom. The third-order valence-corrected chi connectivity index (χ3v) is 3.50. The van der Waals surface area contributed by atoms with E-state index in [0.717, 1.165) is 5.56 Å². The number of anilines is 1. The predicted molar refractivity (Wildman–Crippen MR) is 101 cm³/mol. The molecule has 0 amide bonds. The summed E-state index contributed by atoms with van der Waals surface area (Å²) in [7, 11) is 0. The van der Waals surface area contributed by atoms with Crippen LogP contribution in [0.25, 0.3) is 0 Å². The molecule has 0 saturated carbocycles. The van der Waals surface area contributed by atoms with Crippen molar-refractivity contribution < 1.29 is 4.74 Å². The fraction of sp³-hybridized carbons (Fsp3) is 0.0500. The van der Waals surface area contributed by atoms with Gasteiger partial charge in [-0.2, -0.15) is 5.26 Å². The van der Waals surface area contributed by atoms with E-state index < -0.39 is 0 Å². The number of nitrogens with one attached hydrogen (secondary N) is 1. The van der Waals surface area contributed by atoms with E-state index in [4.69, 9.17) is 15.7 Å². The second kappa shape index (κ2) is 8.31. The number of aromatic nitrogens is 1. The second-order valence-corrected chi connectivity index (χ2v) is 5.41. The highest BCUT2D eigenvalue weighted by molar-refractivity contribution is 5.94. The van der Waals surface area contributed by atoms with Crippen LogP contribution in [0, 0.1) is 11.3 Å². The molecule has 1 aromatic heterocycles. The SMILES string of the molecule is N#Cc1ccc(N=C(N)Nc2ncccc2OCc2ccccc2)cc1. The highest BCUT2D eigenvalue weighted by Crippen LogP contribution is 2.22. The first-order chi connectivity index (χ1) is 12.7. The van der Waals surface area contributed by atoms with Gasteiger partial charge in [-0.25, -0.2) is 9.98 Å². The van der Waals surface area contributed by atoms with Gasteiger partial charge in [-0.15, -0.1) is 0 Å². The van der Waals surface area contributed by atoms with Gasteiger partial charge in [-0.1, -0.05) is 30.3 Å². The maximum Gasteiger partial charge on any atom is 0.199 e. The fourth-order valence-electron chi connectivity index (χ4n) is 2.24. The molecule has 0 saturated heterocycles. The maximum atomic E-state index is 8.82. The van der Waals surface area contributed by atoms with Gasteiger partial charge in [0.15, 0.2) is 17.5 Å². The van der Waals surface area contributed by atoms with Crippen LogP contribution < -0.4 is 15.8 Å². The molecule has 0 fully saturated rings. The molecule has 0 atom stereocenters. The number of rotatable bonds is 5. The predicted octanol–water partition coefficient (Wildman–Crippen LogP) is 3.59. The van der Waals surface area contributed by atoms with Gasteiger partial charge in [-0.3, -0.25) is 0 Å². The summed E-state index contributed by atoms with van der Waals surface area (Å²) in [4.78, 5) is 8.53. The van der Waals surface area contributed by atoms with Crippen LogP contribution in [0.2, 0.25) is 0 Å². The summed E-state index contributed by atoms with van der Waals surface area (Å²) in [6, 6.07) is 22.3. The van der Waals surface area contributed by atoms with Crippen molar-refractivity contribution in [2.24, 2.45) is 10.7 Å². The first-order valence-corrected chi connectivity index (χ1v) is 7.98. The number of pyridine rings is 1. The van der Waals surface area contributed by atoms with E-state index in [-0.39, 0.29) is 5.96 Å². The van der Waals surface area contributed by atoms with Crippen molar-refractivity contribution in [3.63, 3.8) is 0 Å². The van der Waals surface area contributed by atoms with E-state index in [0.29, 0.717) is 29.4 Å². The average molecular weight is 343 g/mol. The molecule has 128 valence electrons. The van der Waals surface area contributed by atoms with E-state index in [1.54, 1.807) is 36.5 Å². The van der Waals surface area contributed by atoms with E-state index >= 15 is 0 Å². The molecule has 3 N–H and O–H groups in total. The van der Waals surface area contributed by atoms with Crippen LogP contribution in [0.15, 0.2) is 77.9 Å². The van der Waals surface area contributed by atoms with Crippen LogP contribution in [0.1, 0.15) is 11.1 Å². The Morgan fingerprint density at radius 1 is 1.08 bits per heavy atom. The fourth-order valence-corrected chi connectivity index (χ4v) is 2.24. The lowest BCUT2D eigenvalue weighted by Gasteiger charge is -2.11. The molecule has 6 heteroatoms. The van der Waals surface area contributed by atoms with Crippen LogP contribution >= 0.6 is 0 Å². The van der Waals surface area contributed by atoms with E-state index in [2.05, 4.69) is 21.4 Å². The quantitative estimate of drug-likeness (QED) is 0.545. The molecule has 0 aliphatic carbocycles. The molecular formula is C20H17N5O. The van der Waals surface area contributed by atoms with Crippen molar-refractivity contribution in [2.45, 2.75) is 6.61 Å². The summed E-state index contributed by atoms with van der Waals surface area (Å²) >= 11 is 0. The van der Waals surface area contributed by atoms with Gasteiger partial charge in [0.1, 0.15) is 6.61 Å². The lowest BCUT2D eigenvalue weighted by molar-refractivity contribution is 0.307. The molecule has 26 heavy (non-hydrogen) atoms. The Bertz CT molecular complexity index is 930. The number of hydrogen-bond donors (Lipinski definition) is 2. The Hall–Kier alpha value is -3.85. The van der Waals surface area contributed by atoms with Gasteiger partial charge < -0.3 is 15.8 Å². The number of guanidine groups is 1. The zero-order valence-corrected chi connectivity index (χ0v) is 14.0. The van der Waals surface area contributed by atoms with Crippen molar-refractivity contribution >= 4 is 17.5 Å². The number of ether oxygens (including phenoxy) is 1. The average Bonchev–Trinajstić information content (AvgIpc) is 2.68. The van der Waals surface area contributed by atoms with Crippen LogP contribution in [-0.2, 0) is 6.61 Å². The lowest BCUT2D eigenvalue weighted by atomic mass is 10.2. The Labute approximate surface area is 151 Å².